The highest BCUT2D eigenvalue weighted by Crippen LogP contribution is 2.22. The second-order valence-corrected chi connectivity index (χ2v) is 5.58. The summed E-state index contributed by atoms with van der Waals surface area (Å²) in [5, 5.41) is 22.3. The van der Waals surface area contributed by atoms with E-state index in [9.17, 15) is 15.0 Å². The number of amides is 1. The van der Waals surface area contributed by atoms with E-state index in [0.717, 1.165) is 5.56 Å². The summed E-state index contributed by atoms with van der Waals surface area (Å²) in [6.07, 6.45) is 1.15. The molecule has 0 unspecified atom stereocenters. The van der Waals surface area contributed by atoms with Gasteiger partial charge in [0.05, 0.1) is 18.8 Å². The van der Waals surface area contributed by atoms with Crippen LogP contribution in [-0.4, -0.2) is 34.9 Å². The van der Waals surface area contributed by atoms with Crippen LogP contribution >= 0.6 is 23.2 Å². The molecular formula is C14H19Cl2NO3. The highest BCUT2D eigenvalue weighted by Gasteiger charge is 2.28. The number of aliphatic hydroxyl groups is 2. The predicted molar refractivity (Wildman–Crippen MR) is 80.1 cm³/mol. The van der Waals surface area contributed by atoms with Crippen LogP contribution in [0.1, 0.15) is 25.3 Å². The molecule has 0 fully saturated rings. The zero-order valence-electron chi connectivity index (χ0n) is 11.3. The largest absolute Gasteiger partial charge is 0.394 e. The number of benzene rings is 1. The monoisotopic (exact) mass is 319 g/mol. The average molecular weight is 320 g/mol. The van der Waals surface area contributed by atoms with Crippen molar-refractivity contribution in [3.05, 3.63) is 33.8 Å². The van der Waals surface area contributed by atoms with Crippen molar-refractivity contribution in [2.75, 3.05) is 13.2 Å². The minimum Gasteiger partial charge on any atom is -0.394 e. The van der Waals surface area contributed by atoms with E-state index in [4.69, 9.17) is 23.2 Å². The van der Waals surface area contributed by atoms with Crippen LogP contribution in [0.4, 0.5) is 0 Å². The van der Waals surface area contributed by atoms with Crippen molar-refractivity contribution in [3.63, 3.8) is 0 Å². The second-order valence-electron chi connectivity index (χ2n) is 4.73. The number of nitrogens with one attached hydrogen (secondary N) is 1. The summed E-state index contributed by atoms with van der Waals surface area (Å²) < 4.78 is 0. The van der Waals surface area contributed by atoms with E-state index in [-0.39, 0.29) is 25.5 Å². The zero-order chi connectivity index (χ0) is 15.2. The fourth-order valence-electron chi connectivity index (χ4n) is 1.77. The van der Waals surface area contributed by atoms with Crippen molar-refractivity contribution >= 4 is 29.1 Å². The van der Waals surface area contributed by atoms with Crippen LogP contribution in [0.3, 0.4) is 0 Å². The van der Waals surface area contributed by atoms with E-state index in [1.807, 2.05) is 0 Å². The lowest BCUT2D eigenvalue weighted by atomic mass is 9.98. The van der Waals surface area contributed by atoms with E-state index in [2.05, 4.69) is 5.32 Å². The van der Waals surface area contributed by atoms with Crippen LogP contribution in [0.5, 0.6) is 0 Å². The standard InChI is InChI=1S/C14H19Cl2NO3/c1-2-14(8-18,9-19)17-13(20)6-4-10-3-5-11(15)7-12(10)16/h3,5,7,18-19H,2,4,6,8-9H2,1H3,(H,17,20). The van der Waals surface area contributed by atoms with Crippen LogP contribution in [0, 0.1) is 0 Å². The number of carbonyl (C=O) groups is 1. The van der Waals surface area contributed by atoms with Crippen LogP contribution in [0.2, 0.25) is 10.0 Å². The fraction of sp³-hybridized carbons (Fsp3) is 0.500. The third-order valence-electron chi connectivity index (χ3n) is 3.32. The van der Waals surface area contributed by atoms with Crippen LogP contribution in [0.25, 0.3) is 0 Å². The molecule has 0 spiro atoms. The maximum atomic E-state index is 11.9. The first-order chi connectivity index (χ1) is 9.46. The van der Waals surface area contributed by atoms with Gasteiger partial charge in [-0.05, 0) is 30.5 Å². The number of carbonyl (C=O) groups excluding carboxylic acids is 1. The molecule has 0 bridgehead atoms. The topological polar surface area (TPSA) is 69.6 Å². The minimum absolute atomic E-state index is 0.225. The van der Waals surface area contributed by atoms with Gasteiger partial charge in [-0.1, -0.05) is 36.2 Å². The second kappa shape index (κ2) is 7.84. The van der Waals surface area contributed by atoms with Gasteiger partial charge in [0.1, 0.15) is 0 Å². The van der Waals surface area contributed by atoms with E-state index in [0.29, 0.717) is 22.9 Å². The predicted octanol–water partition coefficient (Wildman–Crippen LogP) is 2.18. The first-order valence-electron chi connectivity index (χ1n) is 6.43. The number of rotatable bonds is 7. The van der Waals surface area contributed by atoms with Gasteiger partial charge in [-0.3, -0.25) is 4.79 Å². The fourth-order valence-corrected chi connectivity index (χ4v) is 2.27. The smallest absolute Gasteiger partial charge is 0.220 e. The van der Waals surface area contributed by atoms with Gasteiger partial charge in [0.2, 0.25) is 5.91 Å². The molecule has 0 saturated carbocycles. The lowest BCUT2D eigenvalue weighted by molar-refractivity contribution is -0.124. The average Bonchev–Trinajstić information content (AvgIpc) is 2.44. The van der Waals surface area contributed by atoms with Crippen LogP contribution in [0.15, 0.2) is 18.2 Å². The summed E-state index contributed by atoms with van der Waals surface area (Å²) in [5.41, 5.74) is -0.123. The van der Waals surface area contributed by atoms with Gasteiger partial charge >= 0.3 is 0 Å². The van der Waals surface area contributed by atoms with Gasteiger partial charge in [-0.2, -0.15) is 0 Å². The molecule has 1 rings (SSSR count). The SMILES string of the molecule is CCC(CO)(CO)NC(=O)CCc1ccc(Cl)cc1Cl. The molecule has 20 heavy (non-hydrogen) atoms. The molecule has 4 nitrogen and oxygen atoms in total. The summed E-state index contributed by atoms with van der Waals surface area (Å²) in [6, 6.07) is 5.13. The van der Waals surface area contributed by atoms with Crippen LogP contribution in [-0.2, 0) is 11.2 Å². The van der Waals surface area contributed by atoms with Gasteiger partial charge in [0.25, 0.3) is 0 Å². The first kappa shape index (κ1) is 17.2. The highest BCUT2D eigenvalue weighted by atomic mass is 35.5. The third-order valence-corrected chi connectivity index (χ3v) is 3.91. The molecule has 1 aromatic rings. The van der Waals surface area contributed by atoms with Gasteiger partial charge in [-0.25, -0.2) is 0 Å². The molecule has 6 heteroatoms. The molecule has 3 N–H and O–H groups in total. The summed E-state index contributed by atoms with van der Waals surface area (Å²) in [6.45, 7) is 1.20. The Morgan fingerprint density at radius 1 is 1.30 bits per heavy atom. The highest BCUT2D eigenvalue weighted by molar-refractivity contribution is 6.35. The number of hydrogen-bond acceptors (Lipinski definition) is 3. The van der Waals surface area contributed by atoms with E-state index in [1.165, 1.54) is 0 Å². The molecule has 112 valence electrons. The molecule has 0 radical (unpaired) electrons. The number of aliphatic hydroxyl groups excluding tert-OH is 2. The molecule has 0 saturated heterocycles. The van der Waals surface area contributed by atoms with Crippen molar-refractivity contribution < 1.29 is 15.0 Å². The molecule has 0 aliphatic carbocycles. The Morgan fingerprint density at radius 2 is 1.95 bits per heavy atom. The number of aryl methyl sites for hydroxylation is 1. The van der Waals surface area contributed by atoms with E-state index in [1.54, 1.807) is 25.1 Å². The summed E-state index contributed by atoms with van der Waals surface area (Å²) in [7, 11) is 0. The van der Waals surface area contributed by atoms with Crippen molar-refractivity contribution in [1.82, 2.24) is 5.32 Å². The molecule has 0 atom stereocenters. The lowest BCUT2D eigenvalue weighted by Gasteiger charge is -2.29. The maximum Gasteiger partial charge on any atom is 0.220 e. The van der Waals surface area contributed by atoms with Gasteiger partial charge in [-0.15, -0.1) is 0 Å². The number of halogens is 2. The summed E-state index contributed by atoms with van der Waals surface area (Å²) in [5.74, 6) is -0.235. The lowest BCUT2D eigenvalue weighted by Crippen LogP contribution is -2.53. The molecule has 0 aliphatic heterocycles. The normalized spacial score (nSPS) is 11.4. The van der Waals surface area contributed by atoms with Crippen molar-refractivity contribution in [3.8, 4) is 0 Å². The summed E-state index contributed by atoms with van der Waals surface area (Å²) >= 11 is 11.8. The third kappa shape index (κ3) is 4.63. The Morgan fingerprint density at radius 3 is 2.45 bits per heavy atom. The maximum absolute atomic E-state index is 11.9. The quantitative estimate of drug-likeness (QED) is 0.721. The number of hydrogen-bond donors (Lipinski definition) is 3. The van der Waals surface area contributed by atoms with E-state index >= 15 is 0 Å². The Hall–Kier alpha value is -0.810. The Bertz CT molecular complexity index is 453. The zero-order valence-corrected chi connectivity index (χ0v) is 12.8. The van der Waals surface area contributed by atoms with E-state index < -0.39 is 5.54 Å². The molecular weight excluding hydrogens is 301 g/mol. The molecule has 0 aromatic heterocycles. The summed E-state index contributed by atoms with van der Waals surface area (Å²) in [4.78, 5) is 11.9. The molecule has 1 amide bonds. The Labute approximate surface area is 128 Å². The molecule has 0 aliphatic rings. The first-order valence-corrected chi connectivity index (χ1v) is 7.18. The molecule has 1 aromatic carbocycles. The van der Waals surface area contributed by atoms with Crippen molar-refractivity contribution in [2.24, 2.45) is 0 Å². The minimum atomic E-state index is -0.957. The van der Waals surface area contributed by atoms with Gasteiger partial charge < -0.3 is 15.5 Å². The van der Waals surface area contributed by atoms with Gasteiger partial charge in [0, 0.05) is 16.5 Å². The molecule has 0 heterocycles. The Balaban J connectivity index is 2.59. The van der Waals surface area contributed by atoms with Crippen molar-refractivity contribution in [1.29, 1.82) is 0 Å². The van der Waals surface area contributed by atoms with Crippen LogP contribution < -0.4 is 5.32 Å². The Kier molecular flexibility index (Phi) is 6.76. The van der Waals surface area contributed by atoms with Crippen molar-refractivity contribution in [2.45, 2.75) is 31.7 Å². The van der Waals surface area contributed by atoms with Gasteiger partial charge in [0.15, 0.2) is 0 Å².